The second kappa shape index (κ2) is 13.3. The van der Waals surface area contributed by atoms with Gasteiger partial charge >= 0.3 is 12.1 Å². The van der Waals surface area contributed by atoms with Crippen LogP contribution < -0.4 is 14.8 Å². The first kappa shape index (κ1) is 34.8. The second-order valence-electron chi connectivity index (χ2n) is 13.9. The summed E-state index contributed by atoms with van der Waals surface area (Å²) in [6, 6.07) is 5.88. The van der Waals surface area contributed by atoms with Crippen molar-refractivity contribution in [3.8, 4) is 11.6 Å². The van der Waals surface area contributed by atoms with Crippen LogP contribution in [0.15, 0.2) is 36.4 Å². The third kappa shape index (κ3) is 5.62. The largest absolute Gasteiger partial charge is 0.474 e. The van der Waals surface area contributed by atoms with E-state index in [2.05, 4.69) is 29.1 Å². The number of nitrogens with one attached hydrogen (secondary N) is 2. The molecule has 3 aliphatic rings. The maximum Gasteiger partial charge on any atom is 0.415 e. The molecule has 0 radical (unpaired) electrons. The minimum Gasteiger partial charge on any atom is -0.474 e. The van der Waals surface area contributed by atoms with Gasteiger partial charge in [0.15, 0.2) is 11.5 Å². The van der Waals surface area contributed by atoms with Crippen molar-refractivity contribution in [2.24, 2.45) is 11.8 Å². The minimum absolute atomic E-state index is 0.0606. The summed E-state index contributed by atoms with van der Waals surface area (Å²) in [6.07, 6.45) is 8.40. The van der Waals surface area contributed by atoms with Crippen molar-refractivity contribution in [2.45, 2.75) is 97.8 Å². The topological polar surface area (TPSA) is 132 Å². The molecule has 3 aromatic rings. The standard InChI is InChI=1S/C38H46N6O6/c1-9-38(50-27-18-17-22(4)20-25(27)7)35(46)41-37(38)19-13-16-26(21-37)31-40-32-28(34(45)48-30-23(5)14-12-15-24(30)6)29(39-8)33(44(32)42-31)49-36(47)43(10-2)11-3/h13,16-20,23-24,30H,9-12,14-15,21H2,1-7H3,(H,40,42)(H,41,46). The van der Waals surface area contributed by atoms with Crippen molar-refractivity contribution >= 4 is 34.9 Å². The van der Waals surface area contributed by atoms with Gasteiger partial charge in [-0.25, -0.2) is 23.9 Å². The SMILES string of the molecule is [C-]#[N+]c1c(C(=O)OC2C(C)CCCC2C)c2nc(C3=CC=CC4(C3)NC(=O)C4(CC)Oc3ccc(C)cc3C)[nH]n2c1OC(=O)N(CC)CC. The van der Waals surface area contributed by atoms with Crippen molar-refractivity contribution in [3.63, 3.8) is 0 Å². The Morgan fingerprint density at radius 1 is 1.14 bits per heavy atom. The van der Waals surface area contributed by atoms with E-state index in [1.54, 1.807) is 0 Å². The molecule has 12 nitrogen and oxygen atoms in total. The molecule has 1 saturated heterocycles. The van der Waals surface area contributed by atoms with Crippen LogP contribution in [0.1, 0.15) is 94.0 Å². The molecular formula is C38H46N6O6. The number of esters is 1. The molecular weight excluding hydrogens is 636 g/mol. The predicted molar refractivity (Wildman–Crippen MR) is 188 cm³/mol. The number of carbonyl (C=O) groups excluding carboxylic acids is 3. The summed E-state index contributed by atoms with van der Waals surface area (Å²) in [6.45, 7) is 22.5. The van der Waals surface area contributed by atoms with E-state index in [4.69, 9.17) is 25.8 Å². The fraction of sp³-hybridized carbons (Fsp3) is 0.500. The molecule has 4 atom stereocenters. The lowest BCUT2D eigenvalue weighted by atomic mass is 9.64. The zero-order valence-electron chi connectivity index (χ0n) is 29.9. The Bertz CT molecular complexity index is 1940. The van der Waals surface area contributed by atoms with Gasteiger partial charge in [-0.15, -0.1) is 0 Å². The predicted octanol–water partition coefficient (Wildman–Crippen LogP) is 7.09. The minimum atomic E-state index is -1.18. The monoisotopic (exact) mass is 682 g/mol. The van der Waals surface area contributed by atoms with Crippen molar-refractivity contribution in [3.05, 3.63) is 70.4 Å². The van der Waals surface area contributed by atoms with Crippen LogP contribution >= 0.6 is 0 Å². The van der Waals surface area contributed by atoms with Crippen molar-refractivity contribution in [1.29, 1.82) is 0 Å². The Morgan fingerprint density at radius 3 is 2.48 bits per heavy atom. The number of aromatic amines is 1. The van der Waals surface area contributed by atoms with Gasteiger partial charge in [0, 0.05) is 19.5 Å². The summed E-state index contributed by atoms with van der Waals surface area (Å²) in [5, 5.41) is 6.31. The van der Waals surface area contributed by atoms with Crippen LogP contribution in [0.5, 0.6) is 11.6 Å². The van der Waals surface area contributed by atoms with Crippen molar-refractivity contribution in [2.75, 3.05) is 13.1 Å². The van der Waals surface area contributed by atoms with Gasteiger partial charge in [0.25, 0.3) is 11.6 Å². The molecule has 50 heavy (non-hydrogen) atoms. The number of allylic oxidation sites excluding steroid dienone is 2. The highest BCUT2D eigenvalue weighted by molar-refractivity contribution is 6.05. The number of amides is 2. The molecule has 3 heterocycles. The molecule has 2 aromatic heterocycles. The van der Waals surface area contributed by atoms with Crippen LogP contribution in [0.4, 0.5) is 10.5 Å². The summed E-state index contributed by atoms with van der Waals surface area (Å²) in [7, 11) is 0. The Balaban J connectivity index is 1.40. The van der Waals surface area contributed by atoms with Gasteiger partial charge < -0.3 is 24.4 Å². The third-order valence-corrected chi connectivity index (χ3v) is 10.7. The van der Waals surface area contributed by atoms with Crippen molar-refractivity contribution in [1.82, 2.24) is 24.8 Å². The molecule has 2 aliphatic carbocycles. The quantitative estimate of drug-likeness (QED) is 0.140. The molecule has 2 N–H and O–H groups in total. The number of rotatable bonds is 9. The molecule has 0 bridgehead atoms. The van der Waals surface area contributed by atoms with E-state index in [1.807, 2.05) is 71.0 Å². The Labute approximate surface area is 292 Å². The molecule has 1 aliphatic heterocycles. The lowest BCUT2D eigenvalue weighted by molar-refractivity contribution is -0.164. The number of β-lactam (4-membered cyclic amide) rings is 1. The summed E-state index contributed by atoms with van der Waals surface area (Å²) in [4.78, 5) is 50.6. The van der Waals surface area contributed by atoms with E-state index in [1.165, 1.54) is 9.42 Å². The summed E-state index contributed by atoms with van der Waals surface area (Å²) < 4.78 is 19.9. The molecule has 264 valence electrons. The zero-order chi connectivity index (χ0) is 36.0. The average Bonchev–Trinajstić information content (AvgIpc) is 3.64. The first-order chi connectivity index (χ1) is 23.9. The van der Waals surface area contributed by atoms with E-state index in [0.29, 0.717) is 37.5 Å². The number of nitrogens with zero attached hydrogens (tertiary/aromatic N) is 4. The molecule has 6 rings (SSSR count). The Kier molecular flexibility index (Phi) is 9.29. The molecule has 2 amide bonds. The number of aromatic nitrogens is 3. The highest BCUT2D eigenvalue weighted by Crippen LogP contribution is 2.48. The lowest BCUT2D eigenvalue weighted by Gasteiger charge is -2.57. The first-order valence-corrected chi connectivity index (χ1v) is 17.6. The van der Waals surface area contributed by atoms with E-state index < -0.39 is 23.2 Å². The third-order valence-electron chi connectivity index (χ3n) is 10.7. The summed E-state index contributed by atoms with van der Waals surface area (Å²) in [5.41, 5.74) is 0.599. The molecule has 12 heteroatoms. The maximum atomic E-state index is 14.0. The van der Waals surface area contributed by atoms with Gasteiger partial charge in [-0.05, 0) is 76.0 Å². The number of ether oxygens (including phenoxy) is 3. The maximum absolute atomic E-state index is 14.0. The Morgan fingerprint density at radius 2 is 1.86 bits per heavy atom. The highest BCUT2D eigenvalue weighted by Gasteiger charge is 2.67. The van der Waals surface area contributed by atoms with E-state index in [9.17, 15) is 14.4 Å². The molecule has 2 fully saturated rings. The number of benzene rings is 1. The molecule has 1 saturated carbocycles. The van der Waals surface area contributed by atoms with Gasteiger partial charge in [-0.3, -0.25) is 9.89 Å². The number of hydrogen-bond donors (Lipinski definition) is 2. The van der Waals surface area contributed by atoms with Gasteiger partial charge in [-0.1, -0.05) is 63.1 Å². The molecule has 4 unspecified atom stereocenters. The van der Waals surface area contributed by atoms with E-state index >= 15 is 0 Å². The van der Waals surface area contributed by atoms with Crippen LogP contribution in [0, 0.1) is 32.3 Å². The van der Waals surface area contributed by atoms with Crippen LogP contribution in [0.25, 0.3) is 16.1 Å². The second-order valence-corrected chi connectivity index (χ2v) is 13.9. The fourth-order valence-corrected chi connectivity index (χ4v) is 7.80. The first-order valence-electron chi connectivity index (χ1n) is 17.6. The smallest absolute Gasteiger partial charge is 0.415 e. The van der Waals surface area contributed by atoms with E-state index in [-0.39, 0.29) is 46.6 Å². The number of H-pyrrole nitrogens is 1. The Hall–Kier alpha value is -5.05. The van der Waals surface area contributed by atoms with Crippen molar-refractivity contribution < 1.29 is 28.6 Å². The summed E-state index contributed by atoms with van der Waals surface area (Å²) >= 11 is 0. The van der Waals surface area contributed by atoms with Crippen LogP contribution in [0.2, 0.25) is 0 Å². The molecule has 1 aromatic carbocycles. The van der Waals surface area contributed by atoms with E-state index in [0.717, 1.165) is 36.0 Å². The average molecular weight is 683 g/mol. The number of fused-ring (bicyclic) bond motifs is 1. The van der Waals surface area contributed by atoms with Gasteiger partial charge in [-0.2, -0.15) is 0 Å². The van der Waals surface area contributed by atoms with Crippen LogP contribution in [0.3, 0.4) is 0 Å². The normalized spacial score (nSPS) is 25.8. The molecule has 1 spiro atoms. The number of aryl methyl sites for hydroxylation is 2. The highest BCUT2D eigenvalue weighted by atomic mass is 16.6. The zero-order valence-corrected chi connectivity index (χ0v) is 29.9. The van der Waals surface area contributed by atoms with Gasteiger partial charge in [0.2, 0.25) is 11.5 Å². The fourth-order valence-electron chi connectivity index (χ4n) is 7.80. The van der Waals surface area contributed by atoms with Crippen LogP contribution in [-0.2, 0) is 9.53 Å². The summed E-state index contributed by atoms with van der Waals surface area (Å²) in [5.74, 6) is 0.305. The lowest BCUT2D eigenvalue weighted by Crippen LogP contribution is -2.82. The van der Waals surface area contributed by atoms with Crippen LogP contribution in [-0.4, -0.2) is 67.8 Å². The van der Waals surface area contributed by atoms with Gasteiger partial charge in [0.05, 0.1) is 6.57 Å². The van der Waals surface area contributed by atoms with Gasteiger partial charge in [0.1, 0.15) is 23.0 Å². The number of hydrogen-bond acceptors (Lipinski definition) is 7. The number of carbonyl (C=O) groups is 3.